The van der Waals surface area contributed by atoms with E-state index >= 15 is 0 Å². The van der Waals surface area contributed by atoms with E-state index in [2.05, 4.69) is 0 Å². The first-order valence-corrected chi connectivity index (χ1v) is 10.0. The maximum atomic E-state index is 12.9. The van der Waals surface area contributed by atoms with Crippen molar-refractivity contribution in [3.05, 3.63) is 42.2 Å². The average Bonchev–Trinajstić information content (AvgIpc) is 2.94. The summed E-state index contributed by atoms with van der Waals surface area (Å²) in [6, 6.07) is 5.47. The number of allylic oxidation sites excluding steroid dienone is 1. The van der Waals surface area contributed by atoms with Gasteiger partial charge in [0.15, 0.2) is 0 Å². The van der Waals surface area contributed by atoms with E-state index in [0.29, 0.717) is 18.6 Å². The third-order valence-electron chi connectivity index (χ3n) is 5.19. The molecule has 1 aromatic rings. The second kappa shape index (κ2) is 11.7. The zero-order chi connectivity index (χ0) is 21.2. The van der Waals surface area contributed by atoms with Gasteiger partial charge < -0.3 is 20.1 Å². The van der Waals surface area contributed by atoms with Crippen molar-refractivity contribution in [2.24, 2.45) is 11.8 Å². The molecular weight excluding hydrogens is 379 g/mol. The predicted octanol–water partition coefficient (Wildman–Crippen LogP) is 3.11. The zero-order valence-corrected chi connectivity index (χ0v) is 16.4. The molecule has 6 nitrogen and oxygen atoms in total. The van der Waals surface area contributed by atoms with E-state index in [-0.39, 0.29) is 37.0 Å². The highest BCUT2D eigenvalue weighted by Gasteiger charge is 2.39. The number of hydrogen-bond acceptors (Lipinski definition) is 5. The van der Waals surface area contributed by atoms with Crippen molar-refractivity contribution in [1.29, 1.82) is 0 Å². The first-order valence-electron chi connectivity index (χ1n) is 10.0. The van der Waals surface area contributed by atoms with Gasteiger partial charge >= 0.3 is 5.97 Å². The number of benzene rings is 1. The van der Waals surface area contributed by atoms with Crippen LogP contribution in [0.4, 0.5) is 4.39 Å². The van der Waals surface area contributed by atoms with Gasteiger partial charge in [-0.3, -0.25) is 9.59 Å². The number of ether oxygens (including phenoxy) is 1. The number of carboxylic acid groups (broad SMARTS) is 1. The Morgan fingerprint density at radius 2 is 1.90 bits per heavy atom. The molecule has 1 fully saturated rings. The molecule has 0 saturated heterocycles. The number of carboxylic acids is 1. The number of rotatable bonds is 12. The molecule has 1 saturated carbocycles. The summed E-state index contributed by atoms with van der Waals surface area (Å²) in [6.45, 7) is -0.0279. The van der Waals surface area contributed by atoms with Crippen molar-refractivity contribution in [3.63, 3.8) is 0 Å². The summed E-state index contributed by atoms with van der Waals surface area (Å²) < 4.78 is 18.3. The number of aliphatic hydroxyl groups is 2. The van der Waals surface area contributed by atoms with Gasteiger partial charge in [0.25, 0.3) is 0 Å². The second-order valence-corrected chi connectivity index (χ2v) is 7.49. The Bertz CT molecular complexity index is 687. The summed E-state index contributed by atoms with van der Waals surface area (Å²) in [5.74, 6) is -1.41. The van der Waals surface area contributed by atoms with Gasteiger partial charge in [-0.05, 0) is 43.0 Å². The van der Waals surface area contributed by atoms with Gasteiger partial charge in [0.2, 0.25) is 0 Å². The lowest BCUT2D eigenvalue weighted by molar-refractivity contribution is -0.137. The van der Waals surface area contributed by atoms with Crippen molar-refractivity contribution in [2.75, 3.05) is 6.61 Å². The third-order valence-corrected chi connectivity index (χ3v) is 5.19. The molecule has 1 aliphatic carbocycles. The maximum Gasteiger partial charge on any atom is 0.303 e. The topological polar surface area (TPSA) is 104 Å². The molecule has 1 aromatic carbocycles. The lowest BCUT2D eigenvalue weighted by Gasteiger charge is -2.19. The van der Waals surface area contributed by atoms with Crippen LogP contribution in [0.25, 0.3) is 0 Å². The lowest BCUT2D eigenvalue weighted by atomic mass is 9.88. The van der Waals surface area contributed by atoms with Gasteiger partial charge in [-0.15, -0.1) is 0 Å². The Hall–Kier alpha value is -2.25. The highest BCUT2D eigenvalue weighted by atomic mass is 19.1. The van der Waals surface area contributed by atoms with Crippen LogP contribution in [0.15, 0.2) is 36.4 Å². The number of carbonyl (C=O) groups excluding carboxylic acids is 1. The number of Topliss-reactive ketones (excluding diaryl/α,β-unsaturated/α-hetero) is 1. The van der Waals surface area contributed by atoms with Crippen LogP contribution in [0.2, 0.25) is 0 Å². The molecule has 160 valence electrons. The van der Waals surface area contributed by atoms with Gasteiger partial charge in [-0.2, -0.15) is 0 Å². The maximum absolute atomic E-state index is 12.9. The molecule has 4 atom stereocenters. The minimum absolute atomic E-state index is 0.0279. The molecule has 1 aliphatic rings. The molecule has 29 heavy (non-hydrogen) atoms. The normalized spacial score (nSPS) is 22.9. The Labute approximate surface area is 170 Å². The molecule has 0 bridgehead atoms. The molecule has 0 unspecified atom stereocenters. The smallest absolute Gasteiger partial charge is 0.303 e. The Morgan fingerprint density at radius 3 is 2.59 bits per heavy atom. The van der Waals surface area contributed by atoms with Gasteiger partial charge in [0, 0.05) is 18.8 Å². The minimum atomic E-state index is -0.928. The number of hydrogen-bond donors (Lipinski definition) is 3. The molecule has 0 aromatic heterocycles. The lowest BCUT2D eigenvalue weighted by Crippen LogP contribution is -2.20. The van der Waals surface area contributed by atoms with Gasteiger partial charge in [0.05, 0.1) is 6.10 Å². The molecule has 0 radical (unpaired) electrons. The van der Waals surface area contributed by atoms with E-state index in [1.165, 1.54) is 30.3 Å². The monoisotopic (exact) mass is 408 g/mol. The van der Waals surface area contributed by atoms with Gasteiger partial charge in [-0.25, -0.2) is 4.39 Å². The van der Waals surface area contributed by atoms with E-state index in [1.54, 1.807) is 6.08 Å². The number of unbranched alkanes of at least 4 members (excludes halogenated alkanes) is 3. The summed E-state index contributed by atoms with van der Waals surface area (Å²) in [5, 5.41) is 28.9. The highest BCUT2D eigenvalue weighted by molar-refractivity contribution is 5.85. The highest BCUT2D eigenvalue weighted by Crippen LogP contribution is 2.34. The van der Waals surface area contributed by atoms with Gasteiger partial charge in [0.1, 0.15) is 30.1 Å². The Morgan fingerprint density at radius 1 is 1.21 bits per heavy atom. The van der Waals surface area contributed by atoms with Crippen LogP contribution in [-0.2, 0) is 9.59 Å². The summed E-state index contributed by atoms with van der Waals surface area (Å²) in [4.78, 5) is 22.7. The Kier molecular flexibility index (Phi) is 9.28. The van der Waals surface area contributed by atoms with E-state index in [9.17, 15) is 24.2 Å². The number of halogens is 1. The first-order chi connectivity index (χ1) is 13.9. The van der Waals surface area contributed by atoms with Gasteiger partial charge in [-0.1, -0.05) is 31.4 Å². The molecule has 0 amide bonds. The molecule has 7 heteroatoms. The molecule has 3 N–H and O–H groups in total. The number of aliphatic hydroxyl groups excluding tert-OH is 2. The number of ketones is 1. The van der Waals surface area contributed by atoms with E-state index in [0.717, 1.165) is 19.3 Å². The van der Waals surface area contributed by atoms with Crippen LogP contribution < -0.4 is 4.74 Å². The van der Waals surface area contributed by atoms with Crippen LogP contribution in [0.1, 0.15) is 44.9 Å². The van der Waals surface area contributed by atoms with E-state index in [4.69, 9.17) is 9.84 Å². The molecule has 0 spiro atoms. The van der Waals surface area contributed by atoms with Crippen molar-refractivity contribution in [3.8, 4) is 5.75 Å². The fourth-order valence-electron chi connectivity index (χ4n) is 3.62. The second-order valence-electron chi connectivity index (χ2n) is 7.49. The van der Waals surface area contributed by atoms with Crippen LogP contribution in [0.5, 0.6) is 5.75 Å². The third kappa shape index (κ3) is 7.95. The fourth-order valence-corrected chi connectivity index (χ4v) is 3.62. The average molecular weight is 408 g/mol. The first kappa shape index (κ1) is 23.0. The quantitative estimate of drug-likeness (QED) is 0.363. The standard InChI is InChI=1S/C22H29FO6/c23-15-7-10-17(11-8-15)29-14-16(24)9-12-19-18(20(25)13-21(19)26)5-3-1-2-4-6-22(27)28/h7-12,16,18-20,24-25H,1-6,13-14H2,(H,27,28)/b12-9+/t16-,18+,19+,20-/m0/s1. The van der Waals surface area contributed by atoms with E-state index < -0.39 is 24.1 Å². The summed E-state index contributed by atoms with van der Waals surface area (Å²) in [5.41, 5.74) is 0. The summed E-state index contributed by atoms with van der Waals surface area (Å²) in [7, 11) is 0. The molecule has 2 rings (SSSR count). The van der Waals surface area contributed by atoms with Crippen molar-refractivity contribution < 1.29 is 34.0 Å². The van der Waals surface area contributed by atoms with Crippen LogP contribution >= 0.6 is 0 Å². The number of aliphatic carboxylic acids is 1. The fraction of sp³-hybridized carbons (Fsp3) is 0.545. The minimum Gasteiger partial charge on any atom is -0.491 e. The van der Waals surface area contributed by atoms with Crippen LogP contribution in [0.3, 0.4) is 0 Å². The Balaban J connectivity index is 1.78. The molecule has 0 heterocycles. The zero-order valence-electron chi connectivity index (χ0n) is 16.4. The van der Waals surface area contributed by atoms with Crippen molar-refractivity contribution >= 4 is 11.8 Å². The largest absolute Gasteiger partial charge is 0.491 e. The SMILES string of the molecule is O=C(O)CCCCCC[C@H]1[C@@H](O)CC(=O)[C@@H]1/C=C/[C@H](O)COc1ccc(F)cc1. The van der Waals surface area contributed by atoms with E-state index in [1.807, 2.05) is 0 Å². The van der Waals surface area contributed by atoms with Crippen LogP contribution in [0, 0.1) is 17.7 Å². The van der Waals surface area contributed by atoms with Crippen molar-refractivity contribution in [2.45, 2.75) is 57.2 Å². The van der Waals surface area contributed by atoms with Crippen molar-refractivity contribution in [1.82, 2.24) is 0 Å². The summed E-state index contributed by atoms with van der Waals surface area (Å²) in [6.07, 6.45) is 5.59. The molecular formula is C22H29FO6. The molecule has 0 aliphatic heterocycles. The van der Waals surface area contributed by atoms with Crippen LogP contribution in [-0.4, -0.2) is 45.9 Å². The number of carbonyl (C=O) groups is 2. The summed E-state index contributed by atoms with van der Waals surface area (Å²) >= 11 is 0. The predicted molar refractivity (Wildman–Crippen MR) is 105 cm³/mol.